The molecule has 0 aliphatic carbocycles. The number of ether oxygens (including phenoxy) is 1. The normalized spacial score (nSPS) is 12.5. The fraction of sp³-hybridized carbons (Fsp3) is 0.429. The van der Waals surface area contributed by atoms with Crippen LogP contribution in [0.25, 0.3) is 11.3 Å². The molecule has 0 aliphatic rings. The summed E-state index contributed by atoms with van der Waals surface area (Å²) in [6, 6.07) is 12.3. The van der Waals surface area contributed by atoms with Gasteiger partial charge in [-0.3, -0.25) is 4.79 Å². The zero-order valence-electron chi connectivity index (χ0n) is 21.7. The number of amides is 1. The summed E-state index contributed by atoms with van der Waals surface area (Å²) in [6.45, 7) is 7.74. The van der Waals surface area contributed by atoms with Crippen molar-refractivity contribution in [1.29, 1.82) is 0 Å². The predicted molar refractivity (Wildman–Crippen MR) is 137 cm³/mol. The number of hydrogen-bond acceptors (Lipinski definition) is 4. The van der Waals surface area contributed by atoms with E-state index in [2.05, 4.69) is 26.1 Å². The molecule has 1 heterocycles. The van der Waals surface area contributed by atoms with Gasteiger partial charge in [0.25, 0.3) is 0 Å². The highest BCUT2D eigenvalue weighted by atomic mass is 19.1. The topological polar surface area (TPSA) is 59.4 Å². The van der Waals surface area contributed by atoms with Crippen molar-refractivity contribution in [3.8, 4) is 11.3 Å². The van der Waals surface area contributed by atoms with E-state index in [1.54, 1.807) is 18.2 Å². The number of carbonyl (C=O) groups excluding carboxylic acids is 1. The number of hydrogen-bond donors (Lipinski definition) is 1. The van der Waals surface area contributed by atoms with E-state index < -0.39 is 11.5 Å². The van der Waals surface area contributed by atoms with Crippen LogP contribution >= 0.6 is 0 Å². The first-order valence-electron chi connectivity index (χ1n) is 12.1. The molecular formula is C28H36F2N4O2. The molecule has 0 unspecified atom stereocenters. The van der Waals surface area contributed by atoms with Gasteiger partial charge in [-0.15, -0.1) is 0 Å². The lowest BCUT2D eigenvalue weighted by Crippen LogP contribution is -2.45. The van der Waals surface area contributed by atoms with Crippen LogP contribution in [-0.2, 0) is 16.1 Å². The molecule has 6 nitrogen and oxygen atoms in total. The monoisotopic (exact) mass is 498 g/mol. The lowest BCUT2D eigenvalue weighted by atomic mass is 9.84. The highest BCUT2D eigenvalue weighted by Crippen LogP contribution is 2.39. The van der Waals surface area contributed by atoms with Crippen LogP contribution in [0.3, 0.4) is 0 Å². The van der Waals surface area contributed by atoms with Crippen molar-refractivity contribution in [1.82, 2.24) is 19.8 Å². The maximum atomic E-state index is 14.0. The number of halogens is 2. The lowest BCUT2D eigenvalue weighted by molar-refractivity contribution is -0.140. The van der Waals surface area contributed by atoms with E-state index in [0.29, 0.717) is 30.2 Å². The van der Waals surface area contributed by atoms with E-state index >= 15 is 0 Å². The Morgan fingerprint density at radius 2 is 1.83 bits per heavy atom. The van der Waals surface area contributed by atoms with Crippen molar-refractivity contribution in [3.05, 3.63) is 77.8 Å². The van der Waals surface area contributed by atoms with Crippen molar-refractivity contribution in [3.63, 3.8) is 0 Å². The Morgan fingerprint density at radius 3 is 2.44 bits per heavy atom. The summed E-state index contributed by atoms with van der Waals surface area (Å²) in [5.74, 6) is -0.165. The third-order valence-corrected chi connectivity index (χ3v) is 5.96. The smallest absolute Gasteiger partial charge is 0.249 e. The number of benzene rings is 2. The minimum Gasteiger partial charge on any atom is -0.375 e. The van der Waals surface area contributed by atoms with Gasteiger partial charge in [-0.25, -0.2) is 13.8 Å². The van der Waals surface area contributed by atoms with E-state index in [9.17, 15) is 13.6 Å². The maximum Gasteiger partial charge on any atom is 0.249 e. The van der Waals surface area contributed by atoms with Gasteiger partial charge in [0, 0.05) is 32.0 Å². The number of aromatic nitrogens is 2. The van der Waals surface area contributed by atoms with E-state index in [4.69, 9.17) is 9.72 Å². The molecule has 194 valence electrons. The Balaban J connectivity index is 2.16. The Morgan fingerprint density at radius 1 is 1.14 bits per heavy atom. The van der Waals surface area contributed by atoms with Crippen molar-refractivity contribution in [2.45, 2.75) is 39.8 Å². The number of imidazole rings is 1. The van der Waals surface area contributed by atoms with Gasteiger partial charge in [0.2, 0.25) is 5.91 Å². The molecule has 2 aromatic carbocycles. The quantitative estimate of drug-likeness (QED) is 0.376. The summed E-state index contributed by atoms with van der Waals surface area (Å²) in [7, 11) is 3.38. The fourth-order valence-electron chi connectivity index (χ4n) is 4.42. The number of nitrogens with one attached hydrogen (secondary N) is 1. The van der Waals surface area contributed by atoms with E-state index in [1.165, 1.54) is 31.4 Å². The summed E-state index contributed by atoms with van der Waals surface area (Å²) < 4.78 is 35.2. The van der Waals surface area contributed by atoms with Crippen LogP contribution < -0.4 is 5.32 Å². The standard InChI is InChI=1S/C28H36F2N4O2/c1-28(2,3)26(34(14-8-13-31-4)25(35)19-36-5)27-32-24(21-10-7-12-23(30)16-21)18-33(27)17-20-9-6-11-22(29)15-20/h6-7,9-12,15-16,18,26,31H,8,13-14,17,19H2,1-5H3/t26-/m0/s1. The molecule has 0 aliphatic heterocycles. The van der Waals surface area contributed by atoms with Gasteiger partial charge < -0.3 is 19.5 Å². The SMILES string of the molecule is CNCCCN(C(=O)COC)[C@@H](c1nc(-c2cccc(F)c2)cn1Cc1cccc(F)c1)C(C)(C)C. The van der Waals surface area contributed by atoms with Crippen LogP contribution in [-0.4, -0.2) is 54.2 Å². The van der Waals surface area contributed by atoms with Crippen molar-refractivity contribution in [2.75, 3.05) is 33.9 Å². The highest BCUT2D eigenvalue weighted by molar-refractivity contribution is 5.78. The van der Waals surface area contributed by atoms with Crippen molar-refractivity contribution >= 4 is 5.91 Å². The Kier molecular flexibility index (Phi) is 9.34. The number of carbonyl (C=O) groups is 1. The van der Waals surface area contributed by atoms with Crippen LogP contribution in [0.15, 0.2) is 54.7 Å². The van der Waals surface area contributed by atoms with Crippen LogP contribution in [0.2, 0.25) is 0 Å². The van der Waals surface area contributed by atoms with E-state index in [1.807, 2.05) is 28.8 Å². The molecule has 3 rings (SSSR count). The molecule has 0 spiro atoms. The summed E-state index contributed by atoms with van der Waals surface area (Å²) in [6.07, 6.45) is 2.60. The predicted octanol–water partition coefficient (Wildman–Crippen LogP) is 5.05. The number of methoxy groups -OCH3 is 1. The first-order chi connectivity index (χ1) is 17.1. The van der Waals surface area contributed by atoms with Gasteiger partial charge in [-0.2, -0.15) is 0 Å². The second-order valence-corrected chi connectivity index (χ2v) is 10.00. The molecule has 0 saturated heterocycles. The van der Waals surface area contributed by atoms with Crippen LogP contribution in [0.4, 0.5) is 8.78 Å². The summed E-state index contributed by atoms with van der Waals surface area (Å²) in [5, 5.41) is 3.13. The number of nitrogens with zero attached hydrogens (tertiary/aromatic N) is 3. The molecule has 0 saturated carbocycles. The van der Waals surface area contributed by atoms with Gasteiger partial charge in [0.05, 0.1) is 11.7 Å². The lowest BCUT2D eigenvalue weighted by Gasteiger charge is -2.40. The Labute approximate surface area is 212 Å². The second-order valence-electron chi connectivity index (χ2n) is 10.00. The Hall–Kier alpha value is -3.10. The molecule has 1 N–H and O–H groups in total. The van der Waals surface area contributed by atoms with E-state index in [-0.39, 0.29) is 24.1 Å². The average Bonchev–Trinajstić information content (AvgIpc) is 3.20. The minimum atomic E-state index is -0.409. The maximum absolute atomic E-state index is 14.0. The molecule has 0 radical (unpaired) electrons. The van der Waals surface area contributed by atoms with Gasteiger partial charge in [0.1, 0.15) is 24.1 Å². The molecule has 0 bridgehead atoms. The summed E-state index contributed by atoms with van der Waals surface area (Å²) >= 11 is 0. The van der Waals surface area contributed by atoms with Gasteiger partial charge in [-0.05, 0) is 55.3 Å². The molecule has 1 atom stereocenters. The van der Waals surface area contributed by atoms with Crippen molar-refractivity contribution in [2.24, 2.45) is 5.41 Å². The molecule has 36 heavy (non-hydrogen) atoms. The zero-order valence-corrected chi connectivity index (χ0v) is 21.7. The third kappa shape index (κ3) is 6.98. The molecule has 3 aromatic rings. The average molecular weight is 499 g/mol. The largest absolute Gasteiger partial charge is 0.375 e. The first-order valence-corrected chi connectivity index (χ1v) is 12.1. The second kappa shape index (κ2) is 12.2. The number of rotatable bonds is 11. The molecule has 0 fully saturated rings. The van der Waals surface area contributed by atoms with Crippen LogP contribution in [0.1, 0.15) is 44.6 Å². The third-order valence-electron chi connectivity index (χ3n) is 5.96. The van der Waals surface area contributed by atoms with Crippen LogP contribution in [0, 0.1) is 17.0 Å². The first kappa shape index (κ1) is 27.5. The van der Waals surface area contributed by atoms with Crippen molar-refractivity contribution < 1.29 is 18.3 Å². The summed E-state index contributed by atoms with van der Waals surface area (Å²) in [4.78, 5) is 20.0. The van der Waals surface area contributed by atoms with Gasteiger partial charge >= 0.3 is 0 Å². The summed E-state index contributed by atoms with van der Waals surface area (Å²) in [5.41, 5.74) is 1.58. The Bertz CT molecular complexity index is 1160. The fourth-order valence-corrected chi connectivity index (χ4v) is 4.42. The molecular weight excluding hydrogens is 462 g/mol. The van der Waals surface area contributed by atoms with Gasteiger partial charge in [0.15, 0.2) is 0 Å². The minimum absolute atomic E-state index is 0.0481. The van der Waals surface area contributed by atoms with Gasteiger partial charge in [-0.1, -0.05) is 45.0 Å². The molecule has 8 heteroatoms. The van der Waals surface area contributed by atoms with Crippen LogP contribution in [0.5, 0.6) is 0 Å². The molecule has 1 amide bonds. The highest BCUT2D eigenvalue weighted by Gasteiger charge is 2.38. The van der Waals surface area contributed by atoms with E-state index in [0.717, 1.165) is 18.5 Å². The zero-order chi connectivity index (χ0) is 26.3. The molecule has 1 aromatic heterocycles.